The van der Waals surface area contributed by atoms with Crippen LogP contribution in [0.15, 0.2) is 90.6 Å². The maximum atomic E-state index is 13.4. The summed E-state index contributed by atoms with van der Waals surface area (Å²) in [4.78, 5) is 30.6. The Morgan fingerprint density at radius 3 is 2.06 bits per heavy atom. The molecule has 2 aliphatic rings. The highest BCUT2D eigenvalue weighted by molar-refractivity contribution is 6.36. The number of hydrogen-bond donors (Lipinski definition) is 1. The molecule has 2 amide bonds. The molecule has 3 aromatic carbocycles. The molecule has 0 radical (unpaired) electrons. The van der Waals surface area contributed by atoms with Gasteiger partial charge < -0.3 is 10.2 Å². The molecule has 0 spiro atoms. The third-order valence-corrected chi connectivity index (χ3v) is 6.70. The van der Waals surface area contributed by atoms with Crippen molar-refractivity contribution in [2.24, 2.45) is 5.92 Å². The minimum absolute atomic E-state index is 0.242. The quantitative estimate of drug-likeness (QED) is 0.516. The maximum absolute atomic E-state index is 13.4. The highest BCUT2D eigenvalue weighted by Gasteiger charge is 2.39. The van der Waals surface area contributed by atoms with E-state index in [2.05, 4.69) is 29.3 Å². The Morgan fingerprint density at radius 2 is 1.41 bits per heavy atom. The van der Waals surface area contributed by atoms with E-state index in [1.165, 1.54) is 23.4 Å². The van der Waals surface area contributed by atoms with Crippen LogP contribution < -0.4 is 10.2 Å². The standard InChI is InChI=1S/C29H29N3O2/c1-21-16-18-31(19-17-21)25-14-12-24(13-15-25)30-27-26(23-10-6-3-7-11-23)28(33)32(29(27)34)20-22-8-4-2-5-9-22/h2-15,21,30H,16-20H2,1H3. The first kappa shape index (κ1) is 22.0. The normalized spacial score (nSPS) is 17.0. The highest BCUT2D eigenvalue weighted by Crippen LogP contribution is 2.32. The predicted molar refractivity (Wildman–Crippen MR) is 136 cm³/mol. The van der Waals surface area contributed by atoms with Crippen molar-refractivity contribution in [3.05, 3.63) is 102 Å². The number of hydrogen-bond acceptors (Lipinski definition) is 4. The van der Waals surface area contributed by atoms with Crippen LogP contribution in [0.5, 0.6) is 0 Å². The zero-order chi connectivity index (χ0) is 23.5. The third-order valence-electron chi connectivity index (χ3n) is 6.70. The molecule has 2 aliphatic heterocycles. The first-order valence-corrected chi connectivity index (χ1v) is 11.9. The molecular weight excluding hydrogens is 422 g/mol. The van der Waals surface area contributed by atoms with Gasteiger partial charge in [0.2, 0.25) is 0 Å². The van der Waals surface area contributed by atoms with E-state index in [1.807, 2.05) is 72.8 Å². The summed E-state index contributed by atoms with van der Waals surface area (Å²) in [5.41, 5.74) is 4.37. The molecule has 0 bridgehead atoms. The fourth-order valence-electron chi connectivity index (χ4n) is 4.64. The molecule has 0 unspecified atom stereocenters. The van der Waals surface area contributed by atoms with Gasteiger partial charge in [0.15, 0.2) is 0 Å². The Labute approximate surface area is 200 Å². The summed E-state index contributed by atoms with van der Waals surface area (Å²) in [5.74, 6) is 0.202. The Bertz CT molecular complexity index is 1200. The summed E-state index contributed by atoms with van der Waals surface area (Å²) in [7, 11) is 0. The van der Waals surface area contributed by atoms with Crippen molar-refractivity contribution in [2.45, 2.75) is 26.3 Å². The van der Waals surface area contributed by atoms with Crippen molar-refractivity contribution >= 4 is 28.8 Å². The molecular formula is C29H29N3O2. The number of nitrogens with one attached hydrogen (secondary N) is 1. The van der Waals surface area contributed by atoms with Crippen molar-refractivity contribution < 1.29 is 9.59 Å². The molecule has 1 fully saturated rings. The summed E-state index contributed by atoms with van der Waals surface area (Å²) < 4.78 is 0. The lowest BCUT2D eigenvalue weighted by molar-refractivity contribution is -0.137. The van der Waals surface area contributed by atoms with Gasteiger partial charge in [0.25, 0.3) is 11.8 Å². The Kier molecular flexibility index (Phi) is 6.17. The van der Waals surface area contributed by atoms with Crippen LogP contribution in [-0.4, -0.2) is 29.8 Å². The zero-order valence-electron chi connectivity index (χ0n) is 19.4. The van der Waals surface area contributed by atoms with Gasteiger partial charge in [0.05, 0.1) is 12.1 Å². The number of nitrogens with zero attached hydrogens (tertiary/aromatic N) is 2. The number of amides is 2. The van der Waals surface area contributed by atoms with E-state index in [9.17, 15) is 9.59 Å². The number of benzene rings is 3. The van der Waals surface area contributed by atoms with Gasteiger partial charge in [-0.25, -0.2) is 0 Å². The molecule has 0 aliphatic carbocycles. The van der Waals surface area contributed by atoms with Crippen molar-refractivity contribution in [3.8, 4) is 0 Å². The smallest absolute Gasteiger partial charge is 0.278 e. The van der Waals surface area contributed by atoms with Gasteiger partial charge in [-0.3, -0.25) is 14.5 Å². The molecule has 5 nitrogen and oxygen atoms in total. The lowest BCUT2D eigenvalue weighted by Gasteiger charge is -2.32. The minimum Gasteiger partial charge on any atom is -0.372 e. The Hall–Kier alpha value is -3.86. The minimum atomic E-state index is -0.304. The number of imide groups is 1. The second kappa shape index (κ2) is 9.56. The average Bonchev–Trinajstić information content (AvgIpc) is 3.10. The molecule has 172 valence electrons. The second-order valence-corrected chi connectivity index (χ2v) is 9.14. The molecule has 34 heavy (non-hydrogen) atoms. The molecule has 5 rings (SSSR count). The zero-order valence-corrected chi connectivity index (χ0v) is 19.4. The molecule has 3 aromatic rings. The number of carbonyl (C=O) groups excluding carboxylic acids is 2. The second-order valence-electron chi connectivity index (χ2n) is 9.14. The first-order chi connectivity index (χ1) is 16.6. The number of piperidine rings is 1. The van der Waals surface area contributed by atoms with Gasteiger partial charge in [-0.1, -0.05) is 67.6 Å². The van der Waals surface area contributed by atoms with Crippen LogP contribution in [0.1, 0.15) is 30.9 Å². The van der Waals surface area contributed by atoms with E-state index in [4.69, 9.17) is 0 Å². The topological polar surface area (TPSA) is 52.7 Å². The van der Waals surface area contributed by atoms with E-state index in [0.717, 1.165) is 35.8 Å². The maximum Gasteiger partial charge on any atom is 0.278 e. The predicted octanol–water partition coefficient (Wildman–Crippen LogP) is 5.32. The molecule has 1 N–H and O–H groups in total. The SMILES string of the molecule is CC1CCN(c2ccc(NC3=C(c4ccccc4)C(=O)N(Cc4ccccc4)C3=O)cc2)CC1. The van der Waals surface area contributed by atoms with Crippen LogP contribution in [0.3, 0.4) is 0 Å². The molecule has 2 heterocycles. The highest BCUT2D eigenvalue weighted by atomic mass is 16.2. The van der Waals surface area contributed by atoms with Crippen molar-refractivity contribution in [1.29, 1.82) is 0 Å². The van der Waals surface area contributed by atoms with Gasteiger partial charge in [-0.15, -0.1) is 0 Å². The number of carbonyl (C=O) groups is 2. The van der Waals surface area contributed by atoms with Gasteiger partial charge in [0, 0.05) is 24.5 Å². The van der Waals surface area contributed by atoms with Gasteiger partial charge in [-0.2, -0.15) is 0 Å². The number of anilines is 2. The molecule has 0 saturated carbocycles. The first-order valence-electron chi connectivity index (χ1n) is 11.9. The summed E-state index contributed by atoms with van der Waals surface area (Å²) in [6.45, 7) is 4.69. The molecule has 0 atom stereocenters. The lowest BCUT2D eigenvalue weighted by Crippen LogP contribution is -2.32. The van der Waals surface area contributed by atoms with Crippen LogP contribution >= 0.6 is 0 Å². The van der Waals surface area contributed by atoms with Crippen LogP contribution in [0.2, 0.25) is 0 Å². The Morgan fingerprint density at radius 1 is 0.794 bits per heavy atom. The van der Waals surface area contributed by atoms with Gasteiger partial charge in [0.1, 0.15) is 5.70 Å². The monoisotopic (exact) mass is 451 g/mol. The van der Waals surface area contributed by atoms with Gasteiger partial charge in [-0.05, 0) is 54.2 Å². The summed E-state index contributed by atoms with van der Waals surface area (Å²) in [6, 6.07) is 27.1. The van der Waals surface area contributed by atoms with Crippen molar-refractivity contribution in [2.75, 3.05) is 23.3 Å². The van der Waals surface area contributed by atoms with Crippen molar-refractivity contribution in [1.82, 2.24) is 4.90 Å². The fourth-order valence-corrected chi connectivity index (χ4v) is 4.64. The van der Waals surface area contributed by atoms with E-state index in [1.54, 1.807) is 0 Å². The summed E-state index contributed by atoms with van der Waals surface area (Å²) in [6.07, 6.45) is 2.42. The molecule has 1 saturated heterocycles. The van der Waals surface area contributed by atoms with Crippen LogP contribution in [0.4, 0.5) is 11.4 Å². The molecule has 5 heteroatoms. The largest absolute Gasteiger partial charge is 0.372 e. The van der Waals surface area contributed by atoms with Crippen LogP contribution in [-0.2, 0) is 16.1 Å². The van der Waals surface area contributed by atoms with Crippen LogP contribution in [0, 0.1) is 5.92 Å². The third kappa shape index (κ3) is 4.46. The van der Waals surface area contributed by atoms with E-state index in [0.29, 0.717) is 11.3 Å². The van der Waals surface area contributed by atoms with E-state index in [-0.39, 0.29) is 18.4 Å². The average molecular weight is 452 g/mol. The summed E-state index contributed by atoms with van der Waals surface area (Å²) in [5, 5.41) is 3.27. The Balaban J connectivity index is 1.42. The fraction of sp³-hybridized carbons (Fsp3) is 0.241. The van der Waals surface area contributed by atoms with Gasteiger partial charge >= 0.3 is 0 Å². The molecule has 0 aromatic heterocycles. The lowest BCUT2D eigenvalue weighted by atomic mass is 9.99. The van der Waals surface area contributed by atoms with Crippen LogP contribution in [0.25, 0.3) is 5.57 Å². The van der Waals surface area contributed by atoms with E-state index < -0.39 is 0 Å². The summed E-state index contributed by atoms with van der Waals surface area (Å²) >= 11 is 0. The van der Waals surface area contributed by atoms with Crippen molar-refractivity contribution in [3.63, 3.8) is 0 Å². The van der Waals surface area contributed by atoms with E-state index >= 15 is 0 Å². The number of rotatable bonds is 6.